The quantitative estimate of drug-likeness (QED) is 0.435. The summed E-state index contributed by atoms with van der Waals surface area (Å²) >= 11 is 0. The smallest absolute Gasteiger partial charge is 0.220 e. The van der Waals surface area contributed by atoms with E-state index in [2.05, 4.69) is 25.3 Å². The fourth-order valence-corrected chi connectivity index (χ4v) is 5.14. The molecule has 0 atom stereocenters. The third-order valence-electron chi connectivity index (χ3n) is 5.49. The van der Waals surface area contributed by atoms with Crippen LogP contribution in [-0.4, -0.2) is 117 Å². The molecular weight excluding hydrogens is 410 g/mol. The molecule has 2 fully saturated rings. The maximum absolute atomic E-state index is 12.6. The predicted molar refractivity (Wildman–Crippen MR) is 112 cm³/mol. The topological polar surface area (TPSA) is 115 Å². The molecule has 1 N–H and O–H groups in total. The molecule has 1 amide bonds. The minimum absolute atomic E-state index is 0.135. The fraction of sp³-hybridized carbons (Fsp3) is 0.722. The Morgan fingerprint density at radius 3 is 2.37 bits per heavy atom. The zero-order valence-corrected chi connectivity index (χ0v) is 18.5. The van der Waals surface area contributed by atoms with Crippen molar-refractivity contribution >= 4 is 21.9 Å². The predicted octanol–water partition coefficient (Wildman–Crippen LogP) is -1.14. The number of hydrogen-bond acceptors (Lipinski definition) is 7. The highest BCUT2D eigenvalue weighted by Gasteiger charge is 2.29. The Morgan fingerprint density at radius 1 is 1.13 bits per heavy atom. The Hall–Kier alpha value is -2.18. The second kappa shape index (κ2) is 10.2. The summed E-state index contributed by atoms with van der Waals surface area (Å²) in [6, 6.07) is 1.57. The molecule has 168 valence electrons. The van der Waals surface area contributed by atoms with Gasteiger partial charge in [0, 0.05) is 85.5 Å². The van der Waals surface area contributed by atoms with Crippen molar-refractivity contribution in [3.63, 3.8) is 0 Å². The van der Waals surface area contributed by atoms with Crippen molar-refractivity contribution in [2.75, 3.05) is 72.5 Å². The molecular formula is C18H31N7O4S. The Balaban J connectivity index is 1.40. The van der Waals surface area contributed by atoms with Crippen LogP contribution in [0.1, 0.15) is 12.6 Å². The molecule has 0 aliphatic carbocycles. The van der Waals surface area contributed by atoms with Crippen molar-refractivity contribution in [2.45, 2.75) is 12.7 Å². The van der Waals surface area contributed by atoms with Crippen LogP contribution in [0.5, 0.6) is 0 Å². The molecule has 2 saturated heterocycles. The SMILES string of the molecule is CN=C(NCCN1CCN(C(C)=O)CC1)N1CCN(S(=O)(=O)Cc2ccon2)CC1. The zero-order chi connectivity index (χ0) is 21.6. The number of carbonyl (C=O) groups excluding carboxylic acids is 1. The molecule has 30 heavy (non-hydrogen) atoms. The van der Waals surface area contributed by atoms with E-state index in [0.717, 1.165) is 45.2 Å². The number of aliphatic imine (C=N–C) groups is 1. The largest absolute Gasteiger partial charge is 0.364 e. The lowest BCUT2D eigenvalue weighted by molar-refractivity contribution is -0.130. The van der Waals surface area contributed by atoms with Crippen molar-refractivity contribution in [2.24, 2.45) is 4.99 Å². The maximum atomic E-state index is 12.6. The molecule has 0 unspecified atom stereocenters. The zero-order valence-electron chi connectivity index (χ0n) is 17.7. The summed E-state index contributed by atoms with van der Waals surface area (Å²) in [6.45, 7) is 8.51. The van der Waals surface area contributed by atoms with Crippen molar-refractivity contribution in [1.29, 1.82) is 0 Å². The maximum Gasteiger partial charge on any atom is 0.220 e. The summed E-state index contributed by atoms with van der Waals surface area (Å²) in [4.78, 5) is 22.0. The van der Waals surface area contributed by atoms with Gasteiger partial charge >= 0.3 is 0 Å². The number of aromatic nitrogens is 1. The van der Waals surface area contributed by atoms with E-state index in [1.165, 1.54) is 10.6 Å². The van der Waals surface area contributed by atoms with E-state index >= 15 is 0 Å². The number of piperazine rings is 2. The van der Waals surface area contributed by atoms with Gasteiger partial charge in [-0.05, 0) is 0 Å². The minimum atomic E-state index is -3.42. The van der Waals surface area contributed by atoms with Crippen LogP contribution >= 0.6 is 0 Å². The lowest BCUT2D eigenvalue weighted by Gasteiger charge is -2.36. The third-order valence-corrected chi connectivity index (χ3v) is 7.31. The molecule has 12 heteroatoms. The van der Waals surface area contributed by atoms with E-state index in [0.29, 0.717) is 31.9 Å². The first kappa shape index (κ1) is 22.5. The number of sulfonamides is 1. The van der Waals surface area contributed by atoms with Gasteiger partial charge in [0.15, 0.2) is 5.96 Å². The van der Waals surface area contributed by atoms with Crippen molar-refractivity contribution in [1.82, 2.24) is 29.5 Å². The number of nitrogens with zero attached hydrogens (tertiary/aromatic N) is 6. The first-order valence-corrected chi connectivity index (χ1v) is 11.8. The molecule has 3 rings (SSSR count). The van der Waals surface area contributed by atoms with Gasteiger partial charge in [-0.1, -0.05) is 5.16 Å². The molecule has 0 radical (unpaired) electrons. The molecule has 0 aromatic carbocycles. The highest BCUT2D eigenvalue weighted by molar-refractivity contribution is 7.88. The standard InChI is InChI=1S/C18H31N7O4S/c1-16(26)23-8-6-22(7-9-23)5-4-20-18(19-2)24-10-12-25(13-11-24)30(27,28)15-17-3-14-29-21-17/h3,14H,4-13,15H2,1-2H3,(H,19,20). The van der Waals surface area contributed by atoms with Gasteiger partial charge in [-0.15, -0.1) is 0 Å². The highest BCUT2D eigenvalue weighted by Crippen LogP contribution is 2.13. The molecule has 1 aromatic rings. The number of carbonyl (C=O) groups is 1. The third kappa shape index (κ3) is 5.92. The van der Waals surface area contributed by atoms with Gasteiger partial charge in [-0.25, -0.2) is 8.42 Å². The van der Waals surface area contributed by atoms with E-state index < -0.39 is 10.0 Å². The van der Waals surface area contributed by atoms with Crippen LogP contribution < -0.4 is 5.32 Å². The average Bonchev–Trinajstić information content (AvgIpc) is 3.24. The summed E-state index contributed by atoms with van der Waals surface area (Å²) in [7, 11) is -1.68. The van der Waals surface area contributed by atoms with Gasteiger partial charge < -0.3 is 19.6 Å². The second-order valence-electron chi connectivity index (χ2n) is 7.45. The average molecular weight is 442 g/mol. The van der Waals surface area contributed by atoms with Crippen LogP contribution in [0.15, 0.2) is 21.8 Å². The number of hydrogen-bond donors (Lipinski definition) is 1. The van der Waals surface area contributed by atoms with Crippen LogP contribution in [-0.2, 0) is 20.6 Å². The van der Waals surface area contributed by atoms with Gasteiger partial charge in [-0.3, -0.25) is 14.7 Å². The lowest BCUT2D eigenvalue weighted by atomic mass is 10.3. The summed E-state index contributed by atoms with van der Waals surface area (Å²) in [5, 5.41) is 7.07. The number of nitrogens with one attached hydrogen (secondary N) is 1. The van der Waals surface area contributed by atoms with E-state index in [-0.39, 0.29) is 11.7 Å². The summed E-state index contributed by atoms with van der Waals surface area (Å²) < 4.78 is 31.3. The molecule has 2 aliphatic heterocycles. The van der Waals surface area contributed by atoms with E-state index in [1.807, 2.05) is 4.90 Å². The normalized spacial score (nSPS) is 19.9. The molecule has 0 saturated carbocycles. The van der Waals surface area contributed by atoms with Crippen LogP contribution in [0.3, 0.4) is 0 Å². The van der Waals surface area contributed by atoms with Crippen LogP contribution in [0.4, 0.5) is 0 Å². The molecule has 1 aromatic heterocycles. The molecule has 0 spiro atoms. The number of rotatable bonds is 6. The van der Waals surface area contributed by atoms with Crippen molar-refractivity contribution in [3.05, 3.63) is 18.0 Å². The Morgan fingerprint density at radius 2 is 1.80 bits per heavy atom. The summed E-state index contributed by atoms with van der Waals surface area (Å²) in [5.74, 6) is 0.772. The van der Waals surface area contributed by atoms with Gasteiger partial charge in [0.2, 0.25) is 15.9 Å². The van der Waals surface area contributed by atoms with Gasteiger partial charge in [0.1, 0.15) is 12.0 Å². The first-order valence-electron chi connectivity index (χ1n) is 10.2. The van der Waals surface area contributed by atoms with Crippen LogP contribution in [0, 0.1) is 0 Å². The molecule has 2 aliphatic rings. The van der Waals surface area contributed by atoms with Crippen LogP contribution in [0.25, 0.3) is 0 Å². The number of guanidine groups is 1. The van der Waals surface area contributed by atoms with E-state index in [9.17, 15) is 13.2 Å². The summed E-state index contributed by atoms with van der Waals surface area (Å²) in [6.07, 6.45) is 1.38. The van der Waals surface area contributed by atoms with E-state index in [4.69, 9.17) is 4.52 Å². The van der Waals surface area contributed by atoms with Crippen LogP contribution in [0.2, 0.25) is 0 Å². The fourth-order valence-electron chi connectivity index (χ4n) is 3.71. The molecule has 3 heterocycles. The van der Waals surface area contributed by atoms with E-state index in [1.54, 1.807) is 20.0 Å². The highest BCUT2D eigenvalue weighted by atomic mass is 32.2. The van der Waals surface area contributed by atoms with Crippen molar-refractivity contribution in [3.8, 4) is 0 Å². The lowest BCUT2D eigenvalue weighted by Crippen LogP contribution is -2.55. The first-order chi connectivity index (χ1) is 14.4. The molecule has 0 bridgehead atoms. The van der Waals surface area contributed by atoms with Crippen molar-refractivity contribution < 1.29 is 17.7 Å². The van der Waals surface area contributed by atoms with Gasteiger partial charge in [0.05, 0.1) is 5.69 Å². The Labute approximate surface area is 177 Å². The second-order valence-corrected chi connectivity index (χ2v) is 9.42. The Bertz CT molecular complexity index is 812. The molecule has 11 nitrogen and oxygen atoms in total. The number of amides is 1. The monoisotopic (exact) mass is 441 g/mol. The minimum Gasteiger partial charge on any atom is -0.364 e. The van der Waals surface area contributed by atoms with Gasteiger partial charge in [-0.2, -0.15) is 4.31 Å². The summed E-state index contributed by atoms with van der Waals surface area (Å²) in [5.41, 5.74) is 0.416. The Kier molecular flexibility index (Phi) is 7.67. The van der Waals surface area contributed by atoms with Gasteiger partial charge in [0.25, 0.3) is 0 Å².